The molecule has 19 heavy (non-hydrogen) atoms. The molecular formula is C15H30N2OOs. The summed E-state index contributed by atoms with van der Waals surface area (Å²) in [4.78, 5) is 13.7. The Balaban J connectivity index is 3.93. The quantitative estimate of drug-likeness (QED) is 0.531. The fraction of sp³-hybridized carbons (Fsp3) is 0.867. The van der Waals surface area contributed by atoms with E-state index in [2.05, 4.69) is 31.1 Å². The Hall–Kier alpha value is 0.0964. The summed E-state index contributed by atoms with van der Waals surface area (Å²) in [6.07, 6.45) is 4.45. The maximum atomic E-state index is 11.2. The zero-order valence-corrected chi connectivity index (χ0v) is 15.6. The van der Waals surface area contributed by atoms with Crippen molar-refractivity contribution in [2.24, 2.45) is 5.92 Å². The van der Waals surface area contributed by atoms with E-state index >= 15 is 0 Å². The van der Waals surface area contributed by atoms with Crippen molar-refractivity contribution in [2.75, 3.05) is 20.1 Å². The van der Waals surface area contributed by atoms with E-state index in [4.69, 9.17) is 0 Å². The van der Waals surface area contributed by atoms with Crippen LogP contribution in [0.1, 0.15) is 53.4 Å². The standard InChI is InChI=1S/C15H30N2O.Os/c1-6-12-17(5)15(7-2)9-11-16-10-8-13(3)14(4)18;/h13,15-16H,6-9,11-12H2,1-5H3;/t13-,15?;/m1./s1. The first-order chi connectivity index (χ1) is 8.92. The van der Waals surface area contributed by atoms with E-state index in [-0.39, 0.29) is 11.7 Å². The molecule has 114 valence electrons. The Morgan fingerprint density at radius 2 is 2.00 bits per heavy atom. The Kier molecular flexibility index (Phi) is 10.9. The second-order valence-corrected chi connectivity index (χ2v) is 6.90. The van der Waals surface area contributed by atoms with E-state index in [1.165, 1.54) is 30.0 Å². The molecule has 0 spiro atoms. The Morgan fingerprint density at radius 3 is 2.47 bits per heavy atom. The second kappa shape index (κ2) is 10.8. The third kappa shape index (κ3) is 8.79. The minimum atomic E-state index is 0.143. The summed E-state index contributed by atoms with van der Waals surface area (Å²) in [5.74, 6) is 0.421. The van der Waals surface area contributed by atoms with Crippen molar-refractivity contribution in [1.29, 1.82) is 0 Å². The van der Waals surface area contributed by atoms with E-state index < -0.39 is 0 Å². The van der Waals surface area contributed by atoms with Crippen LogP contribution in [-0.2, 0) is 22.9 Å². The summed E-state index contributed by atoms with van der Waals surface area (Å²) in [6.45, 7) is 10.3. The van der Waals surface area contributed by atoms with Crippen LogP contribution in [0, 0.1) is 5.92 Å². The molecule has 2 atom stereocenters. The molecule has 0 saturated heterocycles. The maximum absolute atomic E-state index is 11.2. The number of Topliss-reactive ketones (excluding diaryl/α,β-unsaturated/α-hetero) is 1. The molecule has 0 radical (unpaired) electrons. The summed E-state index contributed by atoms with van der Waals surface area (Å²) in [6, 6.07) is 0.661. The van der Waals surface area contributed by atoms with Gasteiger partial charge >= 0.3 is 129 Å². The molecule has 4 heteroatoms. The number of carbonyl (C=O) groups excluding carboxylic acids is 1. The Morgan fingerprint density at radius 1 is 1.37 bits per heavy atom. The molecule has 3 nitrogen and oxygen atoms in total. The van der Waals surface area contributed by atoms with Gasteiger partial charge in [0.1, 0.15) is 0 Å². The van der Waals surface area contributed by atoms with Crippen LogP contribution in [0.15, 0.2) is 0 Å². The third-order valence-electron chi connectivity index (χ3n) is 3.64. The first-order valence-corrected chi connectivity index (χ1v) is 8.63. The first kappa shape index (κ1) is 19.1. The van der Waals surface area contributed by atoms with Crippen molar-refractivity contribution in [1.82, 2.24) is 10.2 Å². The average Bonchev–Trinajstić information content (AvgIpc) is 2.34. The van der Waals surface area contributed by atoms with Crippen LogP contribution in [-0.4, -0.2) is 41.1 Å². The van der Waals surface area contributed by atoms with Gasteiger partial charge in [0.2, 0.25) is 0 Å². The summed E-state index contributed by atoms with van der Waals surface area (Å²) in [5.41, 5.74) is 0. The van der Waals surface area contributed by atoms with Gasteiger partial charge in [-0.25, -0.2) is 0 Å². The van der Waals surface area contributed by atoms with Crippen LogP contribution in [0.3, 0.4) is 0 Å². The van der Waals surface area contributed by atoms with Crippen molar-refractivity contribution < 1.29 is 22.9 Å². The fourth-order valence-electron chi connectivity index (χ4n) is 2.12. The van der Waals surface area contributed by atoms with E-state index in [9.17, 15) is 4.79 Å². The molecule has 0 amide bonds. The number of hydrogen-bond acceptors (Lipinski definition) is 3. The second-order valence-electron chi connectivity index (χ2n) is 5.36. The molecule has 0 aliphatic rings. The normalized spacial score (nSPS) is 14.5. The Labute approximate surface area is 128 Å². The zero-order valence-electron chi connectivity index (χ0n) is 13.1. The zero-order chi connectivity index (χ0) is 14.8. The Bertz CT molecular complexity index is 281. The number of rotatable bonds is 11. The van der Waals surface area contributed by atoms with Crippen molar-refractivity contribution >= 4 is 9.97 Å². The van der Waals surface area contributed by atoms with Crippen LogP contribution >= 0.6 is 0 Å². The van der Waals surface area contributed by atoms with Crippen LogP contribution < -0.4 is 5.32 Å². The number of ketones is 1. The number of hydrogen-bond donors (Lipinski definition) is 1. The fourth-order valence-corrected chi connectivity index (χ4v) is 3.22. The van der Waals surface area contributed by atoms with Gasteiger partial charge in [-0.3, -0.25) is 0 Å². The molecule has 0 fully saturated rings. The molecule has 0 rings (SSSR count). The number of nitrogens with zero attached hydrogens (tertiary/aromatic N) is 1. The number of nitrogens with one attached hydrogen (secondary N) is 1. The molecule has 0 aromatic rings. The minimum absolute atomic E-state index is 0.143. The van der Waals surface area contributed by atoms with Gasteiger partial charge in [-0.15, -0.1) is 0 Å². The first-order valence-electron chi connectivity index (χ1n) is 7.36. The van der Waals surface area contributed by atoms with E-state index in [1.54, 1.807) is 6.92 Å². The topological polar surface area (TPSA) is 32.3 Å². The van der Waals surface area contributed by atoms with Gasteiger partial charge in [0.15, 0.2) is 0 Å². The van der Waals surface area contributed by atoms with Gasteiger partial charge in [-0.1, -0.05) is 0 Å². The van der Waals surface area contributed by atoms with E-state index in [0.717, 1.165) is 13.0 Å². The van der Waals surface area contributed by atoms with Gasteiger partial charge in [0.05, 0.1) is 0 Å². The van der Waals surface area contributed by atoms with Gasteiger partial charge in [-0.05, 0) is 0 Å². The molecule has 0 heterocycles. The van der Waals surface area contributed by atoms with Crippen LogP contribution in [0.4, 0.5) is 0 Å². The summed E-state index contributed by atoms with van der Waals surface area (Å²) < 4.78 is 1.26. The molecule has 1 unspecified atom stereocenters. The molecule has 0 aliphatic heterocycles. The monoisotopic (exact) mass is 446 g/mol. The van der Waals surface area contributed by atoms with Crippen molar-refractivity contribution in [3.05, 3.63) is 0 Å². The van der Waals surface area contributed by atoms with Gasteiger partial charge < -0.3 is 0 Å². The predicted molar refractivity (Wildman–Crippen MR) is 79.1 cm³/mol. The molecule has 0 saturated carbocycles. The molecule has 1 N–H and O–H groups in total. The molecule has 0 bridgehead atoms. The third-order valence-corrected chi connectivity index (χ3v) is 4.60. The van der Waals surface area contributed by atoms with Gasteiger partial charge in [-0.2, -0.15) is 0 Å². The van der Waals surface area contributed by atoms with Crippen molar-refractivity contribution in [3.63, 3.8) is 0 Å². The van der Waals surface area contributed by atoms with Crippen LogP contribution in [0.2, 0.25) is 0 Å². The SMILES string of the molecule is CCCN(C)C(CC)CCN[C](=[Os])C[C@@H](C)C(C)=O. The van der Waals surface area contributed by atoms with Gasteiger partial charge in [0, 0.05) is 0 Å². The summed E-state index contributed by atoms with van der Waals surface area (Å²) >= 11 is 1.88. The summed E-state index contributed by atoms with van der Waals surface area (Å²) in [7, 11) is 2.22. The van der Waals surface area contributed by atoms with Crippen molar-refractivity contribution in [3.8, 4) is 0 Å². The van der Waals surface area contributed by atoms with E-state index in [1.807, 2.05) is 25.1 Å². The predicted octanol–water partition coefficient (Wildman–Crippen LogP) is 2.38. The van der Waals surface area contributed by atoms with E-state index in [0.29, 0.717) is 6.04 Å². The average molecular weight is 445 g/mol. The summed E-state index contributed by atoms with van der Waals surface area (Å²) in [5, 5.41) is 3.48. The molecular weight excluding hydrogens is 414 g/mol. The van der Waals surface area contributed by atoms with Crippen LogP contribution in [0.5, 0.6) is 0 Å². The van der Waals surface area contributed by atoms with Crippen molar-refractivity contribution in [2.45, 2.75) is 59.4 Å². The molecule has 0 aromatic heterocycles. The van der Waals surface area contributed by atoms with Crippen LogP contribution in [0.25, 0.3) is 0 Å². The number of carbonyl (C=O) groups is 1. The molecule has 0 aliphatic carbocycles. The molecule has 0 aromatic carbocycles. The van der Waals surface area contributed by atoms with Gasteiger partial charge in [0.25, 0.3) is 0 Å².